The van der Waals surface area contributed by atoms with Crippen LogP contribution < -0.4 is 0 Å². The van der Waals surface area contributed by atoms with Gasteiger partial charge in [0, 0.05) is 55.6 Å². The van der Waals surface area contributed by atoms with Crippen molar-refractivity contribution in [1.29, 1.82) is 0 Å². The molecule has 0 bridgehead atoms. The molecule has 11 rings (SSSR count). The van der Waals surface area contributed by atoms with E-state index in [1.807, 2.05) is 98.8 Å². The fraction of sp³-hybridized carbons (Fsp3) is 0.0741. The first-order valence-electron chi connectivity index (χ1n) is 21.0. The molecular weight excluding hydrogens is 847 g/mol. The largest absolute Gasteiger partial charge is 0.416 e. The molecule has 0 atom stereocenters. The summed E-state index contributed by atoms with van der Waals surface area (Å²) in [6.45, 7) is 4.09. The summed E-state index contributed by atoms with van der Waals surface area (Å²) in [5.74, 6) is 1.39. The van der Waals surface area contributed by atoms with Crippen molar-refractivity contribution in [3.63, 3.8) is 0 Å². The van der Waals surface area contributed by atoms with Crippen molar-refractivity contribution >= 4 is 43.6 Å². The number of rotatable bonds is 6. The van der Waals surface area contributed by atoms with Gasteiger partial charge in [-0.2, -0.15) is 26.3 Å². The van der Waals surface area contributed by atoms with Crippen LogP contribution in [0, 0.1) is 13.8 Å². The van der Waals surface area contributed by atoms with Crippen LogP contribution in [0.2, 0.25) is 0 Å². The monoisotopic (exact) mass is 880 g/mol. The zero-order chi connectivity index (χ0) is 45.5. The SMILES string of the molecule is Cc1ccc2c(c1)c1cc(C)ccc1n2-c1cc(-c2nc(-c3ccccc3)nc(-c3ccccc3)n2)ccc1-c1ccncc1-n1c2ccc(C(F)(F)F)cc2c2cc(C(F)(F)F)ccc21. The standard InChI is InChI=1S/C54H34F6N6/c1-31-13-19-44-40(25-31)41-26-32(2)14-20-45(41)65(44)48-27-35(52-63-50(33-9-5-3-6-10-33)62-51(64-52)34-11-7-4-8-12-34)15-18-38(48)39-23-24-61-30-49(39)66-46-21-16-36(53(55,56)57)28-42(46)43-29-37(54(58,59)60)17-22-47(43)66/h3-30H,1-2H3. The third-order valence-electron chi connectivity index (χ3n) is 12.0. The third-order valence-corrected chi connectivity index (χ3v) is 12.0. The maximum absolute atomic E-state index is 14.2. The van der Waals surface area contributed by atoms with E-state index in [1.165, 1.54) is 12.1 Å². The molecule has 6 nitrogen and oxygen atoms in total. The summed E-state index contributed by atoms with van der Waals surface area (Å²) in [5, 5.41) is 2.09. The Labute approximate surface area is 373 Å². The minimum Gasteiger partial charge on any atom is -0.309 e. The van der Waals surface area contributed by atoms with Crippen LogP contribution in [0.1, 0.15) is 22.3 Å². The molecule has 0 radical (unpaired) electrons. The summed E-state index contributed by atoms with van der Waals surface area (Å²) in [6, 6.07) is 45.9. The van der Waals surface area contributed by atoms with E-state index in [2.05, 4.69) is 45.9 Å². The predicted octanol–water partition coefficient (Wildman–Crippen LogP) is 14.8. The molecule has 322 valence electrons. The fourth-order valence-corrected chi connectivity index (χ4v) is 8.96. The van der Waals surface area contributed by atoms with Crippen LogP contribution in [0.3, 0.4) is 0 Å². The highest BCUT2D eigenvalue weighted by molar-refractivity contribution is 6.12. The van der Waals surface area contributed by atoms with E-state index in [9.17, 15) is 26.3 Å². The zero-order valence-electron chi connectivity index (χ0n) is 35.1. The molecule has 0 aliphatic carbocycles. The number of alkyl halides is 6. The first kappa shape index (κ1) is 40.6. The average Bonchev–Trinajstić information content (AvgIpc) is 3.82. The van der Waals surface area contributed by atoms with Crippen LogP contribution in [0.5, 0.6) is 0 Å². The highest BCUT2D eigenvalue weighted by atomic mass is 19.4. The van der Waals surface area contributed by atoms with Crippen molar-refractivity contribution < 1.29 is 26.3 Å². The van der Waals surface area contributed by atoms with Gasteiger partial charge in [-0.25, -0.2) is 15.0 Å². The van der Waals surface area contributed by atoms with Gasteiger partial charge in [-0.3, -0.25) is 4.98 Å². The van der Waals surface area contributed by atoms with E-state index in [0.717, 1.165) is 74.0 Å². The number of pyridine rings is 1. The van der Waals surface area contributed by atoms with Crippen LogP contribution in [0.4, 0.5) is 26.3 Å². The van der Waals surface area contributed by atoms with Gasteiger partial charge in [-0.1, -0.05) is 96.1 Å². The van der Waals surface area contributed by atoms with Crippen LogP contribution in [-0.4, -0.2) is 29.1 Å². The van der Waals surface area contributed by atoms with Crippen LogP contribution in [0.25, 0.3) is 100 Å². The number of hydrogen-bond donors (Lipinski definition) is 0. The van der Waals surface area contributed by atoms with Gasteiger partial charge in [0.25, 0.3) is 0 Å². The molecule has 0 saturated heterocycles. The van der Waals surface area contributed by atoms with Gasteiger partial charge in [-0.15, -0.1) is 0 Å². The number of halogens is 6. The number of fused-ring (bicyclic) bond motifs is 6. The predicted molar refractivity (Wildman–Crippen MR) is 248 cm³/mol. The molecule has 12 heteroatoms. The summed E-state index contributed by atoms with van der Waals surface area (Å²) >= 11 is 0. The van der Waals surface area contributed by atoms with Crippen molar-refractivity contribution in [2.24, 2.45) is 0 Å². The molecule has 66 heavy (non-hydrogen) atoms. The third kappa shape index (κ3) is 6.93. The van der Waals surface area contributed by atoms with Gasteiger partial charge in [0.05, 0.1) is 50.8 Å². The number of hydrogen-bond acceptors (Lipinski definition) is 4. The first-order valence-corrected chi connectivity index (χ1v) is 21.0. The van der Waals surface area contributed by atoms with Gasteiger partial charge >= 0.3 is 12.4 Å². The molecule has 0 saturated carbocycles. The first-order chi connectivity index (χ1) is 31.8. The van der Waals surface area contributed by atoms with Crippen molar-refractivity contribution in [3.8, 4) is 56.7 Å². The number of aromatic nitrogens is 6. The molecule has 0 aliphatic rings. The molecule has 0 fully saturated rings. The van der Waals surface area contributed by atoms with Gasteiger partial charge < -0.3 is 9.13 Å². The highest BCUT2D eigenvalue weighted by Gasteiger charge is 2.34. The minimum atomic E-state index is -4.73. The van der Waals surface area contributed by atoms with Crippen LogP contribution in [-0.2, 0) is 12.4 Å². The second kappa shape index (κ2) is 15.3. The van der Waals surface area contributed by atoms with Gasteiger partial charge in [-0.05, 0) is 86.6 Å². The zero-order valence-corrected chi connectivity index (χ0v) is 35.1. The van der Waals surface area contributed by atoms with Crippen LogP contribution >= 0.6 is 0 Å². The van der Waals surface area contributed by atoms with Crippen molar-refractivity contribution in [3.05, 3.63) is 192 Å². The molecular formula is C54H34F6N6. The highest BCUT2D eigenvalue weighted by Crippen LogP contribution is 2.44. The Morgan fingerprint density at radius 1 is 0.394 bits per heavy atom. The lowest BCUT2D eigenvalue weighted by atomic mass is 9.99. The average molecular weight is 881 g/mol. The number of benzene rings is 7. The summed E-state index contributed by atoms with van der Waals surface area (Å²) < 4.78 is 89.1. The van der Waals surface area contributed by atoms with E-state index >= 15 is 0 Å². The van der Waals surface area contributed by atoms with Crippen LogP contribution in [0.15, 0.2) is 170 Å². The quantitative estimate of drug-likeness (QED) is 0.156. The number of aryl methyl sites for hydroxylation is 2. The Balaban J connectivity index is 1.22. The Morgan fingerprint density at radius 3 is 1.30 bits per heavy atom. The van der Waals surface area contributed by atoms with E-state index in [4.69, 9.17) is 15.0 Å². The Morgan fingerprint density at radius 2 is 0.818 bits per heavy atom. The van der Waals surface area contributed by atoms with E-state index < -0.39 is 23.5 Å². The molecule has 11 aromatic rings. The maximum atomic E-state index is 14.2. The maximum Gasteiger partial charge on any atom is 0.416 e. The molecule has 4 heterocycles. The molecule has 0 spiro atoms. The Kier molecular flexibility index (Phi) is 9.40. The van der Waals surface area contributed by atoms with Gasteiger partial charge in [0.15, 0.2) is 17.5 Å². The van der Waals surface area contributed by atoms with E-state index in [-0.39, 0.29) is 21.8 Å². The summed E-state index contributed by atoms with van der Waals surface area (Å²) in [4.78, 5) is 19.5. The second-order valence-corrected chi connectivity index (χ2v) is 16.3. The summed E-state index contributed by atoms with van der Waals surface area (Å²) in [6.07, 6.45) is -6.26. The van der Waals surface area contributed by atoms with Crippen molar-refractivity contribution in [2.45, 2.75) is 26.2 Å². The summed E-state index contributed by atoms with van der Waals surface area (Å²) in [5.41, 5.74) is 7.35. The van der Waals surface area contributed by atoms with Crippen molar-refractivity contribution in [2.75, 3.05) is 0 Å². The second-order valence-electron chi connectivity index (χ2n) is 16.3. The van der Waals surface area contributed by atoms with E-state index in [1.54, 1.807) is 17.0 Å². The molecule has 0 unspecified atom stereocenters. The van der Waals surface area contributed by atoms with Gasteiger partial charge in [0.2, 0.25) is 0 Å². The molecule has 0 amide bonds. The lowest BCUT2D eigenvalue weighted by Gasteiger charge is -2.19. The molecule has 7 aromatic carbocycles. The lowest BCUT2D eigenvalue weighted by Crippen LogP contribution is -2.05. The normalized spacial score (nSPS) is 12.2. The Bertz CT molecular complexity index is 3520. The minimum absolute atomic E-state index is 0.0164. The topological polar surface area (TPSA) is 61.4 Å². The lowest BCUT2D eigenvalue weighted by molar-refractivity contribution is -0.138. The summed E-state index contributed by atoms with van der Waals surface area (Å²) in [7, 11) is 0. The van der Waals surface area contributed by atoms with E-state index in [0.29, 0.717) is 39.9 Å². The van der Waals surface area contributed by atoms with Gasteiger partial charge in [0.1, 0.15) is 0 Å². The molecule has 4 aromatic heterocycles. The fourth-order valence-electron chi connectivity index (χ4n) is 8.96. The number of nitrogens with zero attached hydrogens (tertiary/aromatic N) is 6. The molecule has 0 aliphatic heterocycles. The smallest absolute Gasteiger partial charge is 0.309 e. The van der Waals surface area contributed by atoms with Crippen molar-refractivity contribution in [1.82, 2.24) is 29.1 Å². The Hall–Kier alpha value is -8.12. The molecule has 0 N–H and O–H groups in total.